The van der Waals surface area contributed by atoms with Crippen LogP contribution in [0.15, 0.2) is 41.6 Å². The topological polar surface area (TPSA) is 134 Å². The van der Waals surface area contributed by atoms with Gasteiger partial charge in [-0.15, -0.1) is 11.8 Å². The smallest absolute Gasteiger partial charge is 0.253 e. The summed E-state index contributed by atoms with van der Waals surface area (Å²) in [5.41, 5.74) is 9.22. The molecule has 0 bridgehead atoms. The minimum atomic E-state index is 0.0560. The van der Waals surface area contributed by atoms with Crippen molar-refractivity contribution in [3.05, 3.63) is 53.5 Å². The van der Waals surface area contributed by atoms with Gasteiger partial charge in [-0.2, -0.15) is 0 Å². The molecule has 5 heterocycles. The van der Waals surface area contributed by atoms with Crippen LogP contribution in [0.3, 0.4) is 0 Å². The molecule has 2 aromatic heterocycles. The van der Waals surface area contributed by atoms with Crippen molar-refractivity contribution in [2.45, 2.75) is 16.6 Å². The number of β-amino-alcohol motifs (C(OH)–C–C–N with tert-alkyl or cyclic N) is 1. The fraction of sp³-hybridized carbons (Fsp3) is 0.444. The van der Waals surface area contributed by atoms with E-state index in [9.17, 15) is 9.90 Å². The van der Waals surface area contributed by atoms with Gasteiger partial charge in [0.25, 0.3) is 5.91 Å². The molecule has 3 N–H and O–H groups in total. The maximum Gasteiger partial charge on any atom is 0.253 e. The van der Waals surface area contributed by atoms with Gasteiger partial charge in [0.1, 0.15) is 5.82 Å². The number of hydrogen-bond donors (Lipinski definition) is 2. The Hall–Kier alpha value is -3.32. The molecule has 0 aliphatic carbocycles. The van der Waals surface area contributed by atoms with E-state index < -0.39 is 0 Å². The molecule has 204 valence electrons. The van der Waals surface area contributed by atoms with Crippen molar-refractivity contribution in [2.75, 3.05) is 76.3 Å². The highest BCUT2D eigenvalue weighted by Gasteiger charge is 2.32. The maximum absolute atomic E-state index is 13.3. The number of morpholine rings is 1. The number of amides is 1. The van der Waals surface area contributed by atoms with Crippen LogP contribution in [0.2, 0.25) is 0 Å². The number of carbonyl (C=O) groups is 1. The van der Waals surface area contributed by atoms with Crippen molar-refractivity contribution < 1.29 is 14.6 Å². The first kappa shape index (κ1) is 25.9. The second-order valence-corrected chi connectivity index (χ2v) is 11.1. The molecule has 1 aromatic carbocycles. The number of anilines is 2. The lowest BCUT2D eigenvalue weighted by Crippen LogP contribution is -2.49. The average molecular weight is 549 g/mol. The van der Waals surface area contributed by atoms with Crippen LogP contribution in [0.25, 0.3) is 11.4 Å². The first-order valence-corrected chi connectivity index (χ1v) is 14.2. The van der Waals surface area contributed by atoms with Gasteiger partial charge in [0.2, 0.25) is 5.95 Å². The number of nitrogens with zero attached hydrogens (tertiary/aromatic N) is 7. The Morgan fingerprint density at radius 3 is 2.59 bits per heavy atom. The van der Waals surface area contributed by atoms with E-state index in [1.165, 1.54) is 0 Å². The van der Waals surface area contributed by atoms with Crippen molar-refractivity contribution in [1.82, 2.24) is 29.7 Å². The number of aliphatic hydroxyl groups excluding tert-OH is 1. The molecule has 2 fully saturated rings. The van der Waals surface area contributed by atoms with Gasteiger partial charge in [-0.3, -0.25) is 9.69 Å². The minimum Gasteiger partial charge on any atom is -0.395 e. The van der Waals surface area contributed by atoms with Crippen LogP contribution < -0.4 is 10.6 Å². The first-order valence-electron chi connectivity index (χ1n) is 13.3. The van der Waals surface area contributed by atoms with Crippen molar-refractivity contribution in [1.29, 1.82) is 0 Å². The molecule has 0 spiro atoms. The number of benzene rings is 1. The highest BCUT2D eigenvalue weighted by Crippen LogP contribution is 2.50. The lowest BCUT2D eigenvalue weighted by molar-refractivity contribution is 0.0615. The summed E-state index contributed by atoms with van der Waals surface area (Å²) in [7, 11) is 0. The highest BCUT2D eigenvalue weighted by molar-refractivity contribution is 8.00. The third-order valence-corrected chi connectivity index (χ3v) is 8.76. The van der Waals surface area contributed by atoms with E-state index in [2.05, 4.69) is 25.8 Å². The number of aliphatic hydroxyl groups is 1. The van der Waals surface area contributed by atoms with E-state index in [0.717, 1.165) is 60.1 Å². The Morgan fingerprint density at radius 2 is 1.85 bits per heavy atom. The van der Waals surface area contributed by atoms with Crippen LogP contribution in [-0.4, -0.2) is 106 Å². The molecular formula is C27H32N8O3S. The number of nitrogen functional groups attached to an aromatic ring is 1. The summed E-state index contributed by atoms with van der Waals surface area (Å²) in [5, 5.41) is 9.32. The normalized spacial score (nSPS) is 19.8. The standard InChI is InChI=1S/C27H32N8O3S/c28-27-29-16-20(17-30-27)24-31-21-15-22(39-23(21)25(32-24)34-9-12-38-13-10-34)18-2-1-3-19(14-18)26(37)35-6-4-33(5-7-35)8-11-36/h1-3,14,16-17,22,36H,4-13,15H2,(H2,28,29,30). The van der Waals surface area contributed by atoms with Crippen LogP contribution in [0, 0.1) is 0 Å². The molecule has 3 aromatic rings. The van der Waals surface area contributed by atoms with Crippen molar-refractivity contribution >= 4 is 29.4 Å². The summed E-state index contributed by atoms with van der Waals surface area (Å²) in [5.74, 6) is 1.77. The lowest BCUT2D eigenvalue weighted by Gasteiger charge is -2.34. The minimum absolute atomic E-state index is 0.0560. The largest absolute Gasteiger partial charge is 0.395 e. The number of fused-ring (bicyclic) bond motifs is 1. The van der Waals surface area contributed by atoms with E-state index >= 15 is 0 Å². The molecule has 1 unspecified atom stereocenters. The van der Waals surface area contributed by atoms with Gasteiger partial charge in [-0.25, -0.2) is 19.9 Å². The predicted molar refractivity (Wildman–Crippen MR) is 149 cm³/mol. The summed E-state index contributed by atoms with van der Waals surface area (Å²) >= 11 is 1.76. The summed E-state index contributed by atoms with van der Waals surface area (Å²) in [6, 6.07) is 8.00. The molecule has 11 nitrogen and oxygen atoms in total. The Labute approximate surface area is 231 Å². The second-order valence-electron chi connectivity index (χ2n) is 9.87. The van der Waals surface area contributed by atoms with Gasteiger partial charge in [0.05, 0.1) is 36.0 Å². The highest BCUT2D eigenvalue weighted by atomic mass is 32.2. The quantitative estimate of drug-likeness (QED) is 0.464. The summed E-state index contributed by atoms with van der Waals surface area (Å²) in [6.07, 6.45) is 4.05. The van der Waals surface area contributed by atoms with E-state index in [4.69, 9.17) is 20.4 Å². The molecule has 1 atom stereocenters. The van der Waals surface area contributed by atoms with Crippen LogP contribution in [-0.2, 0) is 11.2 Å². The van der Waals surface area contributed by atoms with Crippen molar-refractivity contribution in [3.8, 4) is 11.4 Å². The fourth-order valence-corrected chi connectivity index (χ4v) is 6.58. The summed E-state index contributed by atoms with van der Waals surface area (Å²) in [6.45, 7) is 6.55. The third-order valence-electron chi connectivity index (χ3n) is 7.38. The van der Waals surface area contributed by atoms with E-state index in [-0.39, 0.29) is 23.7 Å². The molecule has 39 heavy (non-hydrogen) atoms. The molecule has 0 saturated carbocycles. The van der Waals surface area contributed by atoms with Gasteiger partial charge in [-0.1, -0.05) is 12.1 Å². The molecule has 3 aliphatic heterocycles. The van der Waals surface area contributed by atoms with Gasteiger partial charge in [0, 0.05) is 75.4 Å². The van der Waals surface area contributed by atoms with E-state index in [1.807, 2.05) is 23.1 Å². The molecule has 0 radical (unpaired) electrons. The van der Waals surface area contributed by atoms with Crippen LogP contribution in [0.4, 0.5) is 11.8 Å². The number of hydrogen-bond acceptors (Lipinski definition) is 11. The van der Waals surface area contributed by atoms with Crippen LogP contribution >= 0.6 is 11.8 Å². The average Bonchev–Trinajstić information content (AvgIpc) is 3.42. The zero-order valence-corrected chi connectivity index (χ0v) is 22.5. The number of carbonyl (C=O) groups excluding carboxylic acids is 1. The molecule has 12 heteroatoms. The second kappa shape index (κ2) is 11.4. The number of ether oxygens (including phenoxy) is 1. The van der Waals surface area contributed by atoms with Gasteiger partial charge < -0.3 is 25.4 Å². The Morgan fingerprint density at radius 1 is 1.08 bits per heavy atom. The van der Waals surface area contributed by atoms with Crippen molar-refractivity contribution in [3.63, 3.8) is 0 Å². The molecular weight excluding hydrogens is 516 g/mol. The Bertz CT molecular complexity index is 1330. The van der Waals surface area contributed by atoms with Crippen molar-refractivity contribution in [2.24, 2.45) is 0 Å². The number of aromatic nitrogens is 4. The van der Waals surface area contributed by atoms with Gasteiger partial charge in [-0.05, 0) is 17.7 Å². The first-order chi connectivity index (χ1) is 19.1. The van der Waals surface area contributed by atoms with Crippen LogP contribution in [0.1, 0.15) is 26.9 Å². The van der Waals surface area contributed by atoms with Gasteiger partial charge in [0.15, 0.2) is 5.82 Å². The lowest BCUT2D eigenvalue weighted by atomic mass is 10.0. The molecule has 1 amide bonds. The third kappa shape index (κ3) is 5.55. The molecule has 6 rings (SSSR count). The predicted octanol–water partition coefficient (Wildman–Crippen LogP) is 1.49. The SMILES string of the molecule is Nc1ncc(-c2nc3c(c(N4CCOCC4)n2)SC(c2cccc(C(=O)N4CCN(CCO)CC4)c2)C3)cn1. The maximum atomic E-state index is 13.3. The van der Waals surface area contributed by atoms with Gasteiger partial charge >= 0.3 is 0 Å². The Kier molecular flexibility index (Phi) is 7.60. The molecule has 2 saturated heterocycles. The zero-order valence-electron chi connectivity index (χ0n) is 21.7. The number of rotatable bonds is 6. The monoisotopic (exact) mass is 548 g/mol. The van der Waals surface area contributed by atoms with Crippen LogP contribution in [0.5, 0.6) is 0 Å². The zero-order chi connectivity index (χ0) is 26.8. The summed E-state index contributed by atoms with van der Waals surface area (Å²) in [4.78, 5) is 38.9. The number of piperazine rings is 1. The number of thioether (sulfide) groups is 1. The Balaban J connectivity index is 1.25. The van der Waals surface area contributed by atoms with E-state index in [1.54, 1.807) is 24.2 Å². The summed E-state index contributed by atoms with van der Waals surface area (Å²) < 4.78 is 5.59. The van der Waals surface area contributed by atoms with E-state index in [0.29, 0.717) is 44.2 Å². The fourth-order valence-electron chi connectivity index (χ4n) is 5.23. The number of nitrogens with two attached hydrogens (primary N) is 1. The molecule has 3 aliphatic rings.